The van der Waals surface area contributed by atoms with Gasteiger partial charge in [0.15, 0.2) is 5.78 Å². The molecule has 0 saturated heterocycles. The molecule has 0 saturated carbocycles. The zero-order valence-electron chi connectivity index (χ0n) is 6.56. The van der Waals surface area contributed by atoms with Crippen molar-refractivity contribution in [2.75, 3.05) is 5.75 Å². The van der Waals surface area contributed by atoms with E-state index in [1.165, 1.54) is 0 Å². The Bertz CT molecular complexity index is 360. The van der Waals surface area contributed by atoms with Gasteiger partial charge in [0, 0.05) is 15.5 Å². The van der Waals surface area contributed by atoms with Gasteiger partial charge in [-0.3, -0.25) is 4.79 Å². The fourth-order valence-corrected chi connectivity index (χ4v) is 2.80. The number of ketones is 1. The molecule has 0 fully saturated rings. The molecule has 0 unspecified atom stereocenters. The first-order valence-electron chi connectivity index (χ1n) is 3.64. The Morgan fingerprint density at radius 2 is 2.25 bits per heavy atom. The van der Waals surface area contributed by atoms with Crippen LogP contribution < -0.4 is 0 Å². The number of hydrogen-bond donors (Lipinski definition) is 0. The maximum absolute atomic E-state index is 11.3. The number of Topliss-reactive ketones (excluding diaryl/α,β-unsaturated/α-hetero) is 1. The second-order valence-electron chi connectivity index (χ2n) is 2.81. The molecule has 12 heavy (non-hydrogen) atoms. The lowest BCUT2D eigenvalue weighted by molar-refractivity contribution is 0.102. The van der Waals surface area contributed by atoms with Crippen LogP contribution >= 0.6 is 23.4 Å². The van der Waals surface area contributed by atoms with E-state index in [0.717, 1.165) is 16.0 Å². The molecule has 0 radical (unpaired) electrons. The smallest absolute Gasteiger partial charge is 0.174 e. The zero-order chi connectivity index (χ0) is 8.72. The Kier molecular flexibility index (Phi) is 1.89. The summed E-state index contributed by atoms with van der Waals surface area (Å²) in [6.07, 6.45) is 0. The fourth-order valence-electron chi connectivity index (χ4n) is 1.40. The summed E-state index contributed by atoms with van der Waals surface area (Å²) in [6, 6.07) is 3.70. The number of aryl methyl sites for hydroxylation is 1. The number of rotatable bonds is 0. The summed E-state index contributed by atoms with van der Waals surface area (Å²) in [6.45, 7) is 1.93. The van der Waals surface area contributed by atoms with E-state index in [1.807, 2.05) is 19.1 Å². The number of hydrogen-bond acceptors (Lipinski definition) is 2. The quantitative estimate of drug-likeness (QED) is 0.638. The van der Waals surface area contributed by atoms with Gasteiger partial charge in [-0.25, -0.2) is 0 Å². The molecule has 1 aromatic rings. The monoisotopic (exact) mass is 198 g/mol. The molecular weight excluding hydrogens is 192 g/mol. The first-order chi connectivity index (χ1) is 5.68. The molecule has 1 heterocycles. The molecule has 1 aliphatic heterocycles. The Morgan fingerprint density at radius 1 is 1.50 bits per heavy atom. The van der Waals surface area contributed by atoms with Gasteiger partial charge in [-0.05, 0) is 24.6 Å². The average molecular weight is 199 g/mol. The van der Waals surface area contributed by atoms with Crippen LogP contribution in [0, 0.1) is 6.92 Å². The predicted octanol–water partition coefficient (Wildman–Crippen LogP) is 2.94. The van der Waals surface area contributed by atoms with Crippen LogP contribution in [0.25, 0.3) is 0 Å². The maximum atomic E-state index is 11.3. The van der Waals surface area contributed by atoms with Gasteiger partial charge in [0.05, 0.1) is 5.75 Å². The summed E-state index contributed by atoms with van der Waals surface area (Å²) < 4.78 is 0. The molecule has 0 amide bonds. The van der Waals surface area contributed by atoms with Crippen molar-refractivity contribution in [3.05, 3.63) is 28.3 Å². The molecule has 3 heteroatoms. The van der Waals surface area contributed by atoms with Crippen LogP contribution in [0.1, 0.15) is 15.9 Å². The SMILES string of the molecule is Cc1cc(Cl)cc2c1C(=O)CS2. The van der Waals surface area contributed by atoms with Gasteiger partial charge >= 0.3 is 0 Å². The topological polar surface area (TPSA) is 17.1 Å². The predicted molar refractivity (Wildman–Crippen MR) is 51.2 cm³/mol. The van der Waals surface area contributed by atoms with Crippen molar-refractivity contribution < 1.29 is 4.79 Å². The second-order valence-corrected chi connectivity index (χ2v) is 4.26. The Labute approximate surface area is 80.1 Å². The minimum Gasteiger partial charge on any atom is -0.293 e. The summed E-state index contributed by atoms with van der Waals surface area (Å²) in [4.78, 5) is 12.4. The van der Waals surface area contributed by atoms with Crippen molar-refractivity contribution >= 4 is 29.1 Å². The van der Waals surface area contributed by atoms with Gasteiger partial charge in [-0.15, -0.1) is 11.8 Å². The Morgan fingerprint density at radius 3 is 3.00 bits per heavy atom. The molecule has 0 spiro atoms. The van der Waals surface area contributed by atoms with Crippen LogP contribution in [0.15, 0.2) is 17.0 Å². The van der Waals surface area contributed by atoms with Crippen LogP contribution in [0.5, 0.6) is 0 Å². The number of carbonyl (C=O) groups excluding carboxylic acids is 1. The number of benzene rings is 1. The molecular formula is C9H7ClOS. The second kappa shape index (κ2) is 2.79. The van der Waals surface area contributed by atoms with E-state index in [4.69, 9.17) is 11.6 Å². The van der Waals surface area contributed by atoms with Crippen molar-refractivity contribution in [3.8, 4) is 0 Å². The van der Waals surface area contributed by atoms with Crippen LogP contribution in [-0.2, 0) is 0 Å². The summed E-state index contributed by atoms with van der Waals surface area (Å²) in [5.74, 6) is 0.792. The van der Waals surface area contributed by atoms with Crippen LogP contribution in [0.4, 0.5) is 0 Å². The molecule has 2 rings (SSSR count). The van der Waals surface area contributed by atoms with Crippen molar-refractivity contribution in [1.29, 1.82) is 0 Å². The van der Waals surface area contributed by atoms with Gasteiger partial charge < -0.3 is 0 Å². The number of halogens is 1. The molecule has 0 N–H and O–H groups in total. The van der Waals surface area contributed by atoms with Crippen molar-refractivity contribution in [2.45, 2.75) is 11.8 Å². The van der Waals surface area contributed by atoms with Gasteiger partial charge in [-0.1, -0.05) is 11.6 Å². The molecule has 1 aliphatic rings. The molecule has 0 bridgehead atoms. The standard InChI is InChI=1S/C9H7ClOS/c1-5-2-6(10)3-8-9(5)7(11)4-12-8/h2-3H,4H2,1H3. The van der Waals surface area contributed by atoms with E-state index in [1.54, 1.807) is 11.8 Å². The number of carbonyl (C=O) groups is 1. The van der Waals surface area contributed by atoms with Crippen LogP contribution in [0.3, 0.4) is 0 Å². The van der Waals surface area contributed by atoms with E-state index in [9.17, 15) is 4.79 Å². The summed E-state index contributed by atoms with van der Waals surface area (Å²) >= 11 is 7.42. The van der Waals surface area contributed by atoms with Crippen molar-refractivity contribution in [3.63, 3.8) is 0 Å². The average Bonchev–Trinajstić information content (AvgIpc) is 2.31. The third-order valence-electron chi connectivity index (χ3n) is 1.90. The van der Waals surface area contributed by atoms with Crippen molar-refractivity contribution in [2.24, 2.45) is 0 Å². The molecule has 0 atom stereocenters. The van der Waals surface area contributed by atoms with Crippen molar-refractivity contribution in [1.82, 2.24) is 0 Å². The summed E-state index contributed by atoms with van der Waals surface area (Å²) in [5.41, 5.74) is 1.86. The van der Waals surface area contributed by atoms with Gasteiger partial charge in [-0.2, -0.15) is 0 Å². The Balaban J connectivity index is 2.68. The molecule has 0 aliphatic carbocycles. The molecule has 0 aromatic heterocycles. The summed E-state index contributed by atoms with van der Waals surface area (Å²) in [5, 5.41) is 0.716. The molecule has 1 aromatic carbocycles. The zero-order valence-corrected chi connectivity index (χ0v) is 8.13. The van der Waals surface area contributed by atoms with E-state index in [2.05, 4.69) is 0 Å². The minimum atomic E-state index is 0.226. The van der Waals surface area contributed by atoms with E-state index < -0.39 is 0 Å². The third kappa shape index (κ3) is 1.15. The van der Waals surface area contributed by atoms with Gasteiger partial charge in [0.25, 0.3) is 0 Å². The largest absolute Gasteiger partial charge is 0.293 e. The lowest BCUT2D eigenvalue weighted by Crippen LogP contribution is -1.97. The lowest BCUT2D eigenvalue weighted by atomic mass is 10.1. The first kappa shape index (κ1) is 8.14. The summed E-state index contributed by atoms with van der Waals surface area (Å²) in [7, 11) is 0. The normalized spacial score (nSPS) is 15.0. The third-order valence-corrected chi connectivity index (χ3v) is 3.16. The van der Waals surface area contributed by atoms with Crippen LogP contribution in [-0.4, -0.2) is 11.5 Å². The molecule has 1 nitrogen and oxygen atoms in total. The fraction of sp³-hybridized carbons (Fsp3) is 0.222. The highest BCUT2D eigenvalue weighted by atomic mass is 35.5. The highest BCUT2D eigenvalue weighted by Gasteiger charge is 2.22. The first-order valence-corrected chi connectivity index (χ1v) is 5.01. The maximum Gasteiger partial charge on any atom is 0.174 e. The highest BCUT2D eigenvalue weighted by Crippen LogP contribution is 2.35. The van der Waals surface area contributed by atoms with E-state index >= 15 is 0 Å². The Hall–Kier alpha value is -0.470. The number of fused-ring (bicyclic) bond motifs is 1. The van der Waals surface area contributed by atoms with Crippen LogP contribution in [0.2, 0.25) is 5.02 Å². The van der Waals surface area contributed by atoms with Gasteiger partial charge in [0.1, 0.15) is 0 Å². The highest BCUT2D eigenvalue weighted by molar-refractivity contribution is 8.00. The molecule has 62 valence electrons. The van der Waals surface area contributed by atoms with E-state index in [-0.39, 0.29) is 5.78 Å². The lowest BCUT2D eigenvalue weighted by Gasteiger charge is -2.01. The number of thioether (sulfide) groups is 1. The van der Waals surface area contributed by atoms with Gasteiger partial charge in [0.2, 0.25) is 0 Å². The van der Waals surface area contributed by atoms with E-state index in [0.29, 0.717) is 10.8 Å². The minimum absolute atomic E-state index is 0.226.